The summed E-state index contributed by atoms with van der Waals surface area (Å²) in [6.45, 7) is 4.08. The van der Waals surface area contributed by atoms with Gasteiger partial charge in [-0.3, -0.25) is 4.79 Å². The van der Waals surface area contributed by atoms with Crippen molar-refractivity contribution in [1.29, 1.82) is 0 Å². The van der Waals surface area contributed by atoms with Crippen molar-refractivity contribution in [3.8, 4) is 5.69 Å². The number of benzene rings is 1. The first-order valence-electron chi connectivity index (χ1n) is 8.20. The molecular weight excluding hydrogens is 343 g/mol. The van der Waals surface area contributed by atoms with Crippen molar-refractivity contribution in [1.82, 2.24) is 9.88 Å². The molecule has 134 valence electrons. The molecule has 3 rings (SSSR count). The Morgan fingerprint density at radius 3 is 2.56 bits per heavy atom. The highest BCUT2D eigenvalue weighted by Gasteiger charge is 2.28. The molecule has 0 aliphatic carbocycles. The van der Waals surface area contributed by atoms with E-state index in [4.69, 9.17) is 0 Å². The van der Waals surface area contributed by atoms with Crippen molar-refractivity contribution >= 4 is 15.7 Å². The first kappa shape index (κ1) is 17.7. The molecule has 1 atom stereocenters. The molecule has 2 heterocycles. The number of hydrogen-bond acceptors (Lipinski definition) is 3. The number of aryl methyl sites for hydroxylation is 1. The van der Waals surface area contributed by atoms with Crippen LogP contribution in [-0.2, 0) is 9.84 Å². The van der Waals surface area contributed by atoms with Gasteiger partial charge in [0, 0.05) is 23.6 Å². The molecule has 1 aliphatic heterocycles. The van der Waals surface area contributed by atoms with Crippen molar-refractivity contribution in [2.24, 2.45) is 5.92 Å². The fraction of sp³-hybridized carbons (Fsp3) is 0.389. The molecular formula is C18H21FN2O3S. The highest BCUT2D eigenvalue weighted by Crippen LogP contribution is 2.22. The van der Waals surface area contributed by atoms with Gasteiger partial charge in [0.25, 0.3) is 5.91 Å². The SMILES string of the molecule is Cc1cc(C(=O)NCC2CCS(=O)(=O)C2)c(C)n1-c1ccc(F)cc1. The van der Waals surface area contributed by atoms with E-state index in [1.54, 1.807) is 18.2 Å². The van der Waals surface area contributed by atoms with E-state index < -0.39 is 9.84 Å². The molecule has 7 heteroatoms. The zero-order valence-corrected chi connectivity index (χ0v) is 15.1. The summed E-state index contributed by atoms with van der Waals surface area (Å²) in [5.41, 5.74) is 2.97. The Bertz CT molecular complexity index is 901. The summed E-state index contributed by atoms with van der Waals surface area (Å²) in [4.78, 5) is 12.5. The molecule has 5 nitrogen and oxygen atoms in total. The maximum atomic E-state index is 13.1. The molecule has 1 aromatic carbocycles. The first-order chi connectivity index (χ1) is 11.8. The average Bonchev–Trinajstić information content (AvgIpc) is 3.05. The number of nitrogens with zero attached hydrogens (tertiary/aromatic N) is 1. The number of carbonyl (C=O) groups is 1. The van der Waals surface area contributed by atoms with E-state index in [1.807, 2.05) is 18.4 Å². The van der Waals surface area contributed by atoms with Crippen LogP contribution in [0.2, 0.25) is 0 Å². The van der Waals surface area contributed by atoms with Crippen LogP contribution in [0, 0.1) is 25.6 Å². The van der Waals surface area contributed by atoms with E-state index in [9.17, 15) is 17.6 Å². The lowest BCUT2D eigenvalue weighted by atomic mass is 10.1. The highest BCUT2D eigenvalue weighted by atomic mass is 32.2. The number of amides is 1. The molecule has 1 aliphatic rings. The fourth-order valence-corrected chi connectivity index (χ4v) is 5.21. The van der Waals surface area contributed by atoms with Crippen LogP contribution >= 0.6 is 0 Å². The summed E-state index contributed by atoms with van der Waals surface area (Å²) in [5, 5.41) is 2.84. The molecule has 0 bridgehead atoms. The van der Waals surface area contributed by atoms with Gasteiger partial charge in [-0.1, -0.05) is 0 Å². The normalized spacial score (nSPS) is 19.1. The summed E-state index contributed by atoms with van der Waals surface area (Å²) in [7, 11) is -2.94. The van der Waals surface area contributed by atoms with Crippen LogP contribution in [0.5, 0.6) is 0 Å². The van der Waals surface area contributed by atoms with Gasteiger partial charge in [-0.05, 0) is 56.5 Å². The molecule has 1 fully saturated rings. The Hall–Kier alpha value is -2.15. The van der Waals surface area contributed by atoms with Crippen LogP contribution in [0.15, 0.2) is 30.3 Å². The van der Waals surface area contributed by atoms with E-state index in [2.05, 4.69) is 5.32 Å². The number of nitrogens with one attached hydrogen (secondary N) is 1. The van der Waals surface area contributed by atoms with Gasteiger partial charge in [0.2, 0.25) is 0 Å². The van der Waals surface area contributed by atoms with E-state index in [0.29, 0.717) is 18.5 Å². The zero-order valence-electron chi connectivity index (χ0n) is 14.3. The lowest BCUT2D eigenvalue weighted by Crippen LogP contribution is -2.30. The largest absolute Gasteiger partial charge is 0.352 e. The van der Waals surface area contributed by atoms with E-state index >= 15 is 0 Å². The molecule has 0 radical (unpaired) electrons. The summed E-state index contributed by atoms with van der Waals surface area (Å²) in [6.07, 6.45) is 0.594. The maximum Gasteiger partial charge on any atom is 0.253 e. The van der Waals surface area contributed by atoms with E-state index in [0.717, 1.165) is 17.1 Å². The Kier molecular flexibility index (Phi) is 4.69. The van der Waals surface area contributed by atoms with Crippen LogP contribution in [0.4, 0.5) is 4.39 Å². The van der Waals surface area contributed by atoms with Gasteiger partial charge < -0.3 is 9.88 Å². The number of sulfone groups is 1. The predicted molar refractivity (Wildman–Crippen MR) is 94.3 cm³/mol. The van der Waals surface area contributed by atoms with Gasteiger partial charge in [0.1, 0.15) is 5.82 Å². The van der Waals surface area contributed by atoms with Crippen molar-refractivity contribution < 1.29 is 17.6 Å². The van der Waals surface area contributed by atoms with Gasteiger partial charge in [0.05, 0.1) is 17.1 Å². The molecule has 1 amide bonds. The summed E-state index contributed by atoms with van der Waals surface area (Å²) < 4.78 is 38.0. The van der Waals surface area contributed by atoms with E-state index in [1.165, 1.54) is 12.1 Å². The first-order valence-corrected chi connectivity index (χ1v) is 10.0. The lowest BCUT2D eigenvalue weighted by Gasteiger charge is -2.11. The third-order valence-electron chi connectivity index (χ3n) is 4.64. The molecule has 1 N–H and O–H groups in total. The van der Waals surface area contributed by atoms with Gasteiger partial charge >= 0.3 is 0 Å². The minimum atomic E-state index is -2.94. The van der Waals surface area contributed by atoms with Gasteiger partial charge in [-0.2, -0.15) is 0 Å². The second kappa shape index (κ2) is 6.63. The number of carbonyl (C=O) groups excluding carboxylic acids is 1. The van der Waals surface area contributed by atoms with Crippen molar-refractivity contribution in [3.05, 3.63) is 53.1 Å². The van der Waals surface area contributed by atoms with Crippen LogP contribution < -0.4 is 5.32 Å². The molecule has 0 saturated carbocycles. The minimum absolute atomic E-state index is 0.0189. The molecule has 1 aromatic heterocycles. The number of halogens is 1. The standard InChI is InChI=1S/C18H21FN2O3S/c1-12-9-17(13(2)21(12)16-5-3-15(19)4-6-16)18(22)20-10-14-7-8-25(23,24)11-14/h3-6,9,14H,7-8,10-11H2,1-2H3,(H,20,22). The Labute approximate surface area is 146 Å². The number of rotatable bonds is 4. The summed E-state index contributed by atoms with van der Waals surface area (Å²) >= 11 is 0. The van der Waals surface area contributed by atoms with Crippen LogP contribution in [0.25, 0.3) is 5.69 Å². The lowest BCUT2D eigenvalue weighted by molar-refractivity contribution is 0.0948. The molecule has 25 heavy (non-hydrogen) atoms. The highest BCUT2D eigenvalue weighted by molar-refractivity contribution is 7.91. The van der Waals surface area contributed by atoms with Crippen molar-refractivity contribution in [2.45, 2.75) is 20.3 Å². The number of hydrogen-bond donors (Lipinski definition) is 1. The monoisotopic (exact) mass is 364 g/mol. The smallest absolute Gasteiger partial charge is 0.253 e. The number of aromatic nitrogens is 1. The fourth-order valence-electron chi connectivity index (χ4n) is 3.35. The van der Waals surface area contributed by atoms with Gasteiger partial charge in [0.15, 0.2) is 9.84 Å². The van der Waals surface area contributed by atoms with Gasteiger partial charge in [-0.25, -0.2) is 12.8 Å². The van der Waals surface area contributed by atoms with Crippen LogP contribution in [0.1, 0.15) is 28.2 Å². The summed E-state index contributed by atoms with van der Waals surface area (Å²) in [6, 6.07) is 7.89. The van der Waals surface area contributed by atoms with Crippen LogP contribution in [-0.4, -0.2) is 36.9 Å². The second-order valence-electron chi connectivity index (χ2n) is 6.58. The van der Waals surface area contributed by atoms with Crippen molar-refractivity contribution in [3.63, 3.8) is 0 Å². The topological polar surface area (TPSA) is 68.2 Å². The van der Waals surface area contributed by atoms with E-state index in [-0.39, 0.29) is 29.1 Å². The predicted octanol–water partition coefficient (Wildman–Crippen LogP) is 2.40. The maximum absolute atomic E-state index is 13.1. The quantitative estimate of drug-likeness (QED) is 0.906. The Morgan fingerprint density at radius 2 is 1.96 bits per heavy atom. The van der Waals surface area contributed by atoms with Crippen LogP contribution in [0.3, 0.4) is 0 Å². The Balaban J connectivity index is 1.75. The average molecular weight is 364 g/mol. The zero-order chi connectivity index (χ0) is 18.2. The second-order valence-corrected chi connectivity index (χ2v) is 8.80. The molecule has 1 saturated heterocycles. The molecule has 2 aromatic rings. The molecule has 1 unspecified atom stereocenters. The third kappa shape index (κ3) is 3.76. The van der Waals surface area contributed by atoms with Crippen molar-refractivity contribution in [2.75, 3.05) is 18.1 Å². The Morgan fingerprint density at radius 1 is 1.28 bits per heavy atom. The third-order valence-corrected chi connectivity index (χ3v) is 6.48. The minimum Gasteiger partial charge on any atom is -0.352 e. The van der Waals surface area contributed by atoms with Gasteiger partial charge in [-0.15, -0.1) is 0 Å². The molecule has 0 spiro atoms. The summed E-state index contributed by atoms with van der Waals surface area (Å²) in [5.74, 6) is -0.204.